The fraction of sp³-hybridized carbons (Fsp3) is 0.524. The summed E-state index contributed by atoms with van der Waals surface area (Å²) in [5.74, 6) is 6.75. The van der Waals surface area contributed by atoms with E-state index in [1.165, 1.54) is 6.07 Å². The van der Waals surface area contributed by atoms with E-state index in [2.05, 4.69) is 32.4 Å². The first-order valence-corrected chi connectivity index (χ1v) is 9.73. The molecule has 2 rings (SSSR count). The van der Waals surface area contributed by atoms with E-state index >= 15 is 0 Å². The molecule has 1 aromatic carbocycles. The van der Waals surface area contributed by atoms with Gasteiger partial charge in [0.25, 0.3) is 0 Å². The second kappa shape index (κ2) is 12.7. The molecule has 2 N–H and O–H groups in total. The normalized spacial score (nSPS) is 15.0. The zero-order chi connectivity index (χ0) is 21.3. The predicted molar refractivity (Wildman–Crippen MR) is 123 cm³/mol. The number of halogens is 4. The first kappa shape index (κ1) is 26.1. The third-order valence-corrected chi connectivity index (χ3v) is 4.73. The van der Waals surface area contributed by atoms with E-state index in [1.807, 2.05) is 6.92 Å². The maximum Gasteiger partial charge on any atom is 0.416 e. The molecule has 5 nitrogen and oxygen atoms in total. The van der Waals surface area contributed by atoms with Crippen molar-refractivity contribution in [2.45, 2.75) is 32.4 Å². The Morgan fingerprint density at radius 1 is 1.30 bits per heavy atom. The van der Waals surface area contributed by atoms with Crippen LogP contribution in [0.1, 0.15) is 37.3 Å². The van der Waals surface area contributed by atoms with E-state index in [-0.39, 0.29) is 36.4 Å². The minimum atomic E-state index is -4.38. The van der Waals surface area contributed by atoms with Gasteiger partial charge in [0.05, 0.1) is 5.56 Å². The van der Waals surface area contributed by atoms with Gasteiger partial charge in [-0.1, -0.05) is 17.9 Å². The lowest BCUT2D eigenvalue weighted by molar-refractivity contribution is -0.137. The van der Waals surface area contributed by atoms with Gasteiger partial charge in [-0.2, -0.15) is 13.2 Å². The van der Waals surface area contributed by atoms with Crippen LogP contribution in [0.5, 0.6) is 0 Å². The number of hydrogen-bond acceptors (Lipinski definition) is 2. The van der Waals surface area contributed by atoms with Crippen molar-refractivity contribution >= 4 is 35.8 Å². The van der Waals surface area contributed by atoms with Crippen molar-refractivity contribution in [1.29, 1.82) is 0 Å². The standard InChI is InChI=1S/C21H27F3N4O.HI/c1-3-26-20(28-12-9-17(10-13-28)15-19(29)25-2)27-11-5-7-16-6-4-8-18(14-16)21(22,23)24;/h4,6,8,14,17H,3,9-13,15H2,1-2H3,(H,25,29)(H,26,27);1H. The van der Waals surface area contributed by atoms with Gasteiger partial charge in [0.1, 0.15) is 6.54 Å². The number of amides is 1. The Labute approximate surface area is 192 Å². The Kier molecular flexibility index (Phi) is 11.0. The van der Waals surface area contributed by atoms with Gasteiger partial charge in [0.2, 0.25) is 5.91 Å². The topological polar surface area (TPSA) is 56.7 Å². The molecule has 1 aliphatic rings. The molecule has 1 fully saturated rings. The molecule has 1 heterocycles. The molecule has 0 spiro atoms. The van der Waals surface area contributed by atoms with Gasteiger partial charge in [-0.25, -0.2) is 4.99 Å². The van der Waals surface area contributed by atoms with Gasteiger partial charge in [-0.3, -0.25) is 4.79 Å². The zero-order valence-corrected chi connectivity index (χ0v) is 19.5. The smallest absolute Gasteiger partial charge is 0.359 e. The number of piperidine rings is 1. The number of rotatable bonds is 4. The summed E-state index contributed by atoms with van der Waals surface area (Å²) in [5, 5.41) is 5.89. The number of alkyl halides is 3. The summed E-state index contributed by atoms with van der Waals surface area (Å²) in [7, 11) is 1.65. The molecule has 1 aliphatic heterocycles. The Bertz CT molecular complexity index is 778. The molecular weight excluding hydrogens is 508 g/mol. The lowest BCUT2D eigenvalue weighted by Gasteiger charge is -2.34. The van der Waals surface area contributed by atoms with Gasteiger partial charge in [-0.15, -0.1) is 24.0 Å². The SMILES string of the molecule is CCNC(=NCC#Cc1cccc(C(F)(F)F)c1)N1CCC(CC(=O)NC)CC1.I. The van der Waals surface area contributed by atoms with Crippen LogP contribution in [0, 0.1) is 17.8 Å². The second-order valence-corrected chi connectivity index (χ2v) is 6.86. The van der Waals surface area contributed by atoms with Crippen LogP contribution in [0.4, 0.5) is 13.2 Å². The summed E-state index contributed by atoms with van der Waals surface area (Å²) in [4.78, 5) is 18.1. The van der Waals surface area contributed by atoms with Crippen molar-refractivity contribution in [3.8, 4) is 11.8 Å². The minimum absolute atomic E-state index is 0. The van der Waals surface area contributed by atoms with Crippen LogP contribution in [0.25, 0.3) is 0 Å². The van der Waals surface area contributed by atoms with Crippen molar-refractivity contribution in [2.24, 2.45) is 10.9 Å². The van der Waals surface area contributed by atoms with Gasteiger partial charge < -0.3 is 15.5 Å². The first-order valence-electron chi connectivity index (χ1n) is 9.73. The highest BCUT2D eigenvalue weighted by molar-refractivity contribution is 14.0. The Morgan fingerprint density at radius 2 is 2.00 bits per heavy atom. The molecule has 0 aliphatic carbocycles. The molecule has 0 saturated carbocycles. The molecule has 0 bridgehead atoms. The number of carbonyl (C=O) groups excluding carboxylic acids is 1. The molecule has 166 valence electrons. The number of aliphatic imine (C=N–C) groups is 1. The van der Waals surface area contributed by atoms with Crippen molar-refractivity contribution in [3.63, 3.8) is 0 Å². The number of benzene rings is 1. The van der Waals surface area contributed by atoms with Crippen LogP contribution in [0.15, 0.2) is 29.3 Å². The van der Waals surface area contributed by atoms with Crippen molar-refractivity contribution in [1.82, 2.24) is 15.5 Å². The van der Waals surface area contributed by atoms with Gasteiger partial charge in [0, 0.05) is 38.7 Å². The molecule has 9 heteroatoms. The first-order chi connectivity index (χ1) is 13.8. The van der Waals surface area contributed by atoms with Gasteiger partial charge >= 0.3 is 6.18 Å². The summed E-state index contributed by atoms with van der Waals surface area (Å²) >= 11 is 0. The maximum absolute atomic E-state index is 12.8. The van der Waals surface area contributed by atoms with Crippen LogP contribution in [0.2, 0.25) is 0 Å². The summed E-state index contributed by atoms with van der Waals surface area (Å²) in [6.45, 7) is 4.47. The fourth-order valence-electron chi connectivity index (χ4n) is 3.17. The molecule has 1 aromatic rings. The van der Waals surface area contributed by atoms with Crippen molar-refractivity contribution in [2.75, 3.05) is 33.2 Å². The third kappa shape index (κ3) is 8.42. The highest BCUT2D eigenvalue weighted by Gasteiger charge is 2.30. The van der Waals surface area contributed by atoms with E-state index in [0.717, 1.165) is 44.0 Å². The highest BCUT2D eigenvalue weighted by atomic mass is 127. The Balaban J connectivity index is 0.00000450. The number of guanidine groups is 1. The largest absolute Gasteiger partial charge is 0.416 e. The van der Waals surface area contributed by atoms with Crippen LogP contribution in [0.3, 0.4) is 0 Å². The molecule has 30 heavy (non-hydrogen) atoms. The lowest BCUT2D eigenvalue weighted by Crippen LogP contribution is -2.46. The molecular formula is C21H28F3IN4O. The molecule has 1 amide bonds. The average Bonchev–Trinajstić information content (AvgIpc) is 2.70. The molecule has 1 saturated heterocycles. The minimum Gasteiger partial charge on any atom is -0.359 e. The predicted octanol–water partition coefficient (Wildman–Crippen LogP) is 3.49. The molecule has 0 atom stereocenters. The van der Waals surface area contributed by atoms with Gasteiger partial charge in [-0.05, 0) is 43.9 Å². The number of likely N-dealkylation sites (tertiary alicyclic amines) is 1. The van der Waals surface area contributed by atoms with Crippen LogP contribution in [-0.2, 0) is 11.0 Å². The highest BCUT2D eigenvalue weighted by Crippen LogP contribution is 2.29. The third-order valence-electron chi connectivity index (χ3n) is 4.73. The zero-order valence-electron chi connectivity index (χ0n) is 17.2. The van der Waals surface area contributed by atoms with Crippen molar-refractivity contribution < 1.29 is 18.0 Å². The summed E-state index contributed by atoms with van der Waals surface area (Å²) in [5.41, 5.74) is -0.393. The van der Waals surface area contributed by atoms with Crippen LogP contribution in [-0.4, -0.2) is 50.0 Å². The van der Waals surface area contributed by atoms with E-state index in [9.17, 15) is 18.0 Å². The molecule has 0 unspecified atom stereocenters. The average molecular weight is 536 g/mol. The van der Waals surface area contributed by atoms with Crippen LogP contribution < -0.4 is 10.6 Å². The number of carbonyl (C=O) groups is 1. The molecule has 0 radical (unpaired) electrons. The maximum atomic E-state index is 12.8. The van der Waals surface area contributed by atoms with E-state index < -0.39 is 11.7 Å². The second-order valence-electron chi connectivity index (χ2n) is 6.86. The lowest BCUT2D eigenvalue weighted by atomic mass is 9.93. The number of hydrogen-bond donors (Lipinski definition) is 2. The fourth-order valence-corrected chi connectivity index (χ4v) is 3.17. The number of nitrogens with zero attached hydrogens (tertiary/aromatic N) is 2. The monoisotopic (exact) mass is 536 g/mol. The van der Waals surface area contributed by atoms with Crippen LogP contribution >= 0.6 is 24.0 Å². The van der Waals surface area contributed by atoms with E-state index in [4.69, 9.17) is 0 Å². The van der Waals surface area contributed by atoms with E-state index in [0.29, 0.717) is 24.4 Å². The molecule has 0 aromatic heterocycles. The summed E-state index contributed by atoms with van der Waals surface area (Å²) in [6.07, 6.45) is -2.01. The quantitative estimate of drug-likeness (QED) is 0.268. The van der Waals surface area contributed by atoms with Crippen molar-refractivity contribution in [3.05, 3.63) is 35.4 Å². The van der Waals surface area contributed by atoms with Gasteiger partial charge in [0.15, 0.2) is 5.96 Å². The Hall–Kier alpha value is -1.96. The summed E-state index contributed by atoms with van der Waals surface area (Å²) < 4.78 is 38.3. The number of nitrogens with one attached hydrogen (secondary N) is 2. The Morgan fingerprint density at radius 3 is 2.60 bits per heavy atom. The summed E-state index contributed by atoms with van der Waals surface area (Å²) in [6, 6.07) is 4.97. The van der Waals surface area contributed by atoms with E-state index in [1.54, 1.807) is 13.1 Å².